The fourth-order valence-corrected chi connectivity index (χ4v) is 3.43. The Kier molecular flexibility index (Phi) is 3.08. The van der Waals surface area contributed by atoms with Gasteiger partial charge in [-0.25, -0.2) is 0 Å². The van der Waals surface area contributed by atoms with Crippen LogP contribution in [0, 0.1) is 5.92 Å². The minimum absolute atomic E-state index is 0.0789. The van der Waals surface area contributed by atoms with Gasteiger partial charge in [0, 0.05) is 31.8 Å². The topological polar surface area (TPSA) is 29.5 Å². The van der Waals surface area contributed by atoms with Gasteiger partial charge in [0.15, 0.2) is 0 Å². The standard InChI is InChI=1S/C15H19NO2/c1-11(17)18-15-10-16-8-7-13(15)14(9-16)12-5-3-2-4-6-12/h2-6,13-15H,7-10H2,1H3/t13-,14+,15+/m1/s1. The van der Waals surface area contributed by atoms with Crippen LogP contribution in [-0.4, -0.2) is 36.6 Å². The lowest BCUT2D eigenvalue weighted by Gasteiger charge is -2.49. The number of carbonyl (C=O) groups is 1. The lowest BCUT2D eigenvalue weighted by molar-refractivity contribution is -0.157. The summed E-state index contributed by atoms with van der Waals surface area (Å²) in [6, 6.07) is 10.6. The van der Waals surface area contributed by atoms with Crippen molar-refractivity contribution in [1.82, 2.24) is 4.90 Å². The van der Waals surface area contributed by atoms with Crippen LogP contribution in [0.15, 0.2) is 30.3 Å². The number of ether oxygens (including phenoxy) is 1. The number of benzene rings is 1. The zero-order valence-electron chi connectivity index (χ0n) is 10.7. The summed E-state index contributed by atoms with van der Waals surface area (Å²) < 4.78 is 5.50. The minimum atomic E-state index is -0.152. The predicted octanol–water partition coefficient (Wildman–Crippen LogP) is 2.04. The number of hydrogen-bond donors (Lipinski definition) is 0. The van der Waals surface area contributed by atoms with E-state index in [1.54, 1.807) is 0 Å². The Morgan fingerprint density at radius 2 is 2.06 bits per heavy atom. The van der Waals surface area contributed by atoms with Gasteiger partial charge in [-0.2, -0.15) is 0 Å². The van der Waals surface area contributed by atoms with Crippen molar-refractivity contribution in [2.75, 3.05) is 19.6 Å². The van der Waals surface area contributed by atoms with Crippen LogP contribution in [0.2, 0.25) is 0 Å². The van der Waals surface area contributed by atoms with Crippen LogP contribution in [0.25, 0.3) is 0 Å². The van der Waals surface area contributed by atoms with Gasteiger partial charge in [-0.1, -0.05) is 30.3 Å². The second-order valence-electron chi connectivity index (χ2n) is 5.38. The van der Waals surface area contributed by atoms with Crippen molar-refractivity contribution in [2.45, 2.75) is 25.4 Å². The summed E-state index contributed by atoms with van der Waals surface area (Å²) >= 11 is 0. The highest BCUT2D eigenvalue weighted by Gasteiger charge is 2.43. The molecule has 3 saturated heterocycles. The molecule has 4 rings (SSSR count). The van der Waals surface area contributed by atoms with Gasteiger partial charge in [-0.05, 0) is 18.5 Å². The first-order valence-corrected chi connectivity index (χ1v) is 6.68. The van der Waals surface area contributed by atoms with E-state index in [1.807, 2.05) is 0 Å². The Morgan fingerprint density at radius 3 is 2.72 bits per heavy atom. The summed E-state index contributed by atoms with van der Waals surface area (Å²) in [4.78, 5) is 13.6. The normalized spacial score (nSPS) is 34.3. The molecule has 0 spiro atoms. The Bertz CT molecular complexity index is 431. The van der Waals surface area contributed by atoms with Gasteiger partial charge in [-0.3, -0.25) is 9.69 Å². The van der Waals surface area contributed by atoms with E-state index in [0.29, 0.717) is 11.8 Å². The molecule has 3 aliphatic rings. The molecular weight excluding hydrogens is 226 g/mol. The van der Waals surface area contributed by atoms with Gasteiger partial charge in [0.05, 0.1) is 0 Å². The first-order chi connectivity index (χ1) is 8.74. The number of nitrogens with zero attached hydrogens (tertiary/aromatic N) is 1. The summed E-state index contributed by atoms with van der Waals surface area (Å²) in [6.45, 7) is 4.67. The molecule has 0 saturated carbocycles. The van der Waals surface area contributed by atoms with Gasteiger partial charge in [0.2, 0.25) is 0 Å². The van der Waals surface area contributed by atoms with Crippen LogP contribution in [0.5, 0.6) is 0 Å². The van der Waals surface area contributed by atoms with Crippen molar-refractivity contribution in [3.63, 3.8) is 0 Å². The van der Waals surface area contributed by atoms with Crippen molar-refractivity contribution in [3.05, 3.63) is 35.9 Å². The number of esters is 1. The number of piperidine rings is 3. The maximum atomic E-state index is 11.2. The van der Waals surface area contributed by atoms with Crippen molar-refractivity contribution >= 4 is 5.97 Å². The number of rotatable bonds is 2. The Balaban J connectivity index is 1.82. The Morgan fingerprint density at radius 1 is 1.28 bits per heavy atom. The van der Waals surface area contributed by atoms with Gasteiger partial charge < -0.3 is 4.74 Å². The molecule has 1 aromatic carbocycles. The summed E-state index contributed by atoms with van der Waals surface area (Å²) in [7, 11) is 0. The highest BCUT2D eigenvalue weighted by molar-refractivity contribution is 5.66. The van der Waals surface area contributed by atoms with Crippen LogP contribution in [0.4, 0.5) is 0 Å². The smallest absolute Gasteiger partial charge is 0.302 e. The molecule has 2 bridgehead atoms. The van der Waals surface area contributed by atoms with Crippen LogP contribution < -0.4 is 0 Å². The highest BCUT2D eigenvalue weighted by atomic mass is 16.5. The van der Waals surface area contributed by atoms with Crippen LogP contribution >= 0.6 is 0 Å². The van der Waals surface area contributed by atoms with Gasteiger partial charge in [0.1, 0.15) is 6.10 Å². The molecule has 0 radical (unpaired) electrons. The highest BCUT2D eigenvalue weighted by Crippen LogP contribution is 2.40. The number of carbonyl (C=O) groups excluding carboxylic acids is 1. The molecule has 1 aromatic rings. The maximum Gasteiger partial charge on any atom is 0.302 e. The lowest BCUT2D eigenvalue weighted by Crippen LogP contribution is -2.55. The summed E-state index contributed by atoms with van der Waals surface area (Å²) in [6.07, 6.45) is 1.22. The molecule has 1 unspecified atom stereocenters. The van der Waals surface area contributed by atoms with E-state index in [1.165, 1.54) is 12.5 Å². The van der Waals surface area contributed by atoms with Gasteiger partial charge in [-0.15, -0.1) is 0 Å². The predicted molar refractivity (Wildman–Crippen MR) is 69.3 cm³/mol. The molecule has 96 valence electrons. The van der Waals surface area contributed by atoms with E-state index in [-0.39, 0.29) is 12.1 Å². The van der Waals surface area contributed by atoms with Crippen LogP contribution in [-0.2, 0) is 9.53 Å². The van der Waals surface area contributed by atoms with Crippen molar-refractivity contribution in [3.8, 4) is 0 Å². The third-order valence-electron chi connectivity index (χ3n) is 4.21. The number of fused-ring (bicyclic) bond motifs is 3. The zero-order valence-corrected chi connectivity index (χ0v) is 10.7. The molecule has 3 heteroatoms. The second-order valence-corrected chi connectivity index (χ2v) is 5.38. The summed E-state index contributed by atoms with van der Waals surface area (Å²) in [5.74, 6) is 0.847. The monoisotopic (exact) mass is 245 g/mol. The maximum absolute atomic E-state index is 11.2. The number of hydrogen-bond acceptors (Lipinski definition) is 3. The first-order valence-electron chi connectivity index (χ1n) is 6.68. The van der Waals surface area contributed by atoms with E-state index in [4.69, 9.17) is 4.74 Å². The van der Waals surface area contributed by atoms with Crippen LogP contribution in [0.1, 0.15) is 24.8 Å². The fraction of sp³-hybridized carbons (Fsp3) is 0.533. The third kappa shape index (κ3) is 2.15. The lowest BCUT2D eigenvalue weighted by atomic mass is 9.74. The molecule has 3 heterocycles. The minimum Gasteiger partial charge on any atom is -0.461 e. The largest absolute Gasteiger partial charge is 0.461 e. The van der Waals surface area contributed by atoms with E-state index in [9.17, 15) is 4.79 Å². The Labute approximate surface area is 108 Å². The van der Waals surface area contributed by atoms with E-state index < -0.39 is 0 Å². The average molecular weight is 245 g/mol. The molecule has 18 heavy (non-hydrogen) atoms. The molecule has 4 atom stereocenters. The Hall–Kier alpha value is -1.35. The van der Waals surface area contributed by atoms with E-state index in [0.717, 1.165) is 26.1 Å². The molecule has 0 aliphatic carbocycles. The molecule has 0 amide bonds. The quantitative estimate of drug-likeness (QED) is 0.747. The second kappa shape index (κ2) is 4.73. The molecule has 3 nitrogen and oxygen atoms in total. The summed E-state index contributed by atoms with van der Waals surface area (Å²) in [5, 5.41) is 0. The molecule has 0 aromatic heterocycles. The zero-order chi connectivity index (χ0) is 12.5. The molecule has 3 aliphatic heterocycles. The molecule has 0 N–H and O–H groups in total. The summed E-state index contributed by atoms with van der Waals surface area (Å²) in [5.41, 5.74) is 1.38. The van der Waals surface area contributed by atoms with Crippen molar-refractivity contribution < 1.29 is 9.53 Å². The van der Waals surface area contributed by atoms with Gasteiger partial charge in [0.25, 0.3) is 0 Å². The van der Waals surface area contributed by atoms with E-state index >= 15 is 0 Å². The third-order valence-corrected chi connectivity index (χ3v) is 4.21. The van der Waals surface area contributed by atoms with Crippen molar-refractivity contribution in [1.29, 1.82) is 0 Å². The first kappa shape index (κ1) is 11.7. The van der Waals surface area contributed by atoms with Crippen molar-refractivity contribution in [2.24, 2.45) is 5.92 Å². The van der Waals surface area contributed by atoms with Crippen LogP contribution in [0.3, 0.4) is 0 Å². The van der Waals surface area contributed by atoms with Gasteiger partial charge >= 0.3 is 5.97 Å². The molecular formula is C15H19NO2. The fourth-order valence-electron chi connectivity index (χ4n) is 3.43. The molecule has 3 fully saturated rings. The average Bonchev–Trinajstić information content (AvgIpc) is 2.39. The van der Waals surface area contributed by atoms with E-state index in [2.05, 4.69) is 35.2 Å². The SMILES string of the molecule is CC(=O)O[C@H]1CN2CC[C@@H]1[C@H](c1ccccc1)C2.